The van der Waals surface area contributed by atoms with Gasteiger partial charge in [0.15, 0.2) is 11.5 Å². The van der Waals surface area contributed by atoms with Crippen molar-refractivity contribution in [3.8, 4) is 11.5 Å². The molecule has 23 heavy (non-hydrogen) atoms. The van der Waals surface area contributed by atoms with Crippen LogP contribution in [0.25, 0.3) is 0 Å². The number of likely N-dealkylation sites (tertiary alicyclic amines) is 1. The van der Waals surface area contributed by atoms with Crippen LogP contribution in [-0.4, -0.2) is 54.3 Å². The summed E-state index contributed by atoms with van der Waals surface area (Å²) >= 11 is 0. The average molecular weight is 343 g/mol. The van der Waals surface area contributed by atoms with E-state index in [9.17, 15) is 23.1 Å². The fraction of sp³-hybridized carbons (Fsp3) is 0.182. The molecule has 1 fully saturated rings. The molecule has 124 valence electrons. The van der Waals surface area contributed by atoms with Crippen LogP contribution >= 0.6 is 0 Å². The maximum Gasteiger partial charge on any atom is 0.340 e. The van der Waals surface area contributed by atoms with Crippen LogP contribution in [0.15, 0.2) is 23.3 Å². The van der Waals surface area contributed by atoms with Gasteiger partial charge in [0.05, 0.1) is 12.8 Å². The number of hydrogen-bond donors (Lipinski definition) is 5. The highest BCUT2D eigenvalue weighted by Crippen LogP contribution is 2.23. The van der Waals surface area contributed by atoms with E-state index in [1.165, 1.54) is 12.1 Å². The number of aromatic hydroxyl groups is 2. The average Bonchev–Trinajstić information content (AvgIpc) is 2.47. The quantitative estimate of drug-likeness (QED) is 0.184. The van der Waals surface area contributed by atoms with E-state index in [2.05, 4.69) is 5.10 Å². The third-order valence-corrected chi connectivity index (χ3v) is 3.60. The van der Waals surface area contributed by atoms with Gasteiger partial charge in [0.2, 0.25) is 5.91 Å². The van der Waals surface area contributed by atoms with Gasteiger partial charge in [-0.1, -0.05) is 0 Å². The van der Waals surface area contributed by atoms with Gasteiger partial charge < -0.3 is 15.9 Å². The molecule has 0 spiro atoms. The zero-order valence-electron chi connectivity index (χ0n) is 11.5. The highest BCUT2D eigenvalue weighted by Gasteiger charge is 2.39. The monoisotopic (exact) mass is 343 g/mol. The molecule has 1 unspecified atom stereocenters. The second-order valence-electron chi connectivity index (χ2n) is 4.56. The Morgan fingerprint density at radius 2 is 2.09 bits per heavy atom. The largest absolute Gasteiger partial charge is 0.504 e. The lowest BCUT2D eigenvalue weighted by Crippen LogP contribution is -2.65. The zero-order chi connectivity index (χ0) is 17.2. The molecule has 1 aromatic carbocycles. The highest BCUT2D eigenvalue weighted by molar-refractivity contribution is 7.88. The van der Waals surface area contributed by atoms with E-state index in [0.29, 0.717) is 10.5 Å². The van der Waals surface area contributed by atoms with Crippen LogP contribution < -0.4 is 15.3 Å². The molecular formula is C11H13N5O6S. The van der Waals surface area contributed by atoms with E-state index in [1.54, 1.807) is 9.55 Å². The normalized spacial score (nSPS) is 17.9. The van der Waals surface area contributed by atoms with Gasteiger partial charge >= 0.3 is 16.2 Å². The first kappa shape index (κ1) is 16.5. The van der Waals surface area contributed by atoms with Crippen molar-refractivity contribution in [2.45, 2.75) is 6.04 Å². The van der Waals surface area contributed by atoms with Crippen LogP contribution in [-0.2, 0) is 15.0 Å². The molecule has 0 saturated carbocycles. The van der Waals surface area contributed by atoms with Crippen molar-refractivity contribution in [1.29, 1.82) is 0 Å². The molecule has 1 aliphatic rings. The highest BCUT2D eigenvalue weighted by atomic mass is 32.2. The molecule has 0 bridgehead atoms. The summed E-state index contributed by atoms with van der Waals surface area (Å²) in [6.07, 6.45) is 1.04. The van der Waals surface area contributed by atoms with E-state index in [4.69, 9.17) is 10.8 Å². The van der Waals surface area contributed by atoms with Gasteiger partial charge in [-0.2, -0.15) is 18.4 Å². The lowest BCUT2D eigenvalue weighted by Gasteiger charge is -2.33. The number of phenols is 2. The SMILES string of the molecule is NC1CN(C(=O)NS(=O)(=O)NN=Cc2ccc(O)c(O)c2)C1=O. The van der Waals surface area contributed by atoms with Crippen molar-refractivity contribution in [3.05, 3.63) is 23.8 Å². The van der Waals surface area contributed by atoms with Gasteiger partial charge in [0, 0.05) is 0 Å². The number of β-lactam (4-membered cyclic amide) rings is 1. The predicted molar refractivity (Wildman–Crippen MR) is 77.6 cm³/mol. The molecule has 1 heterocycles. The molecule has 0 aliphatic carbocycles. The van der Waals surface area contributed by atoms with Gasteiger partial charge in [-0.3, -0.25) is 9.69 Å². The van der Waals surface area contributed by atoms with Gasteiger partial charge in [0.25, 0.3) is 0 Å². The first-order valence-corrected chi connectivity index (χ1v) is 7.63. The second kappa shape index (κ2) is 6.10. The predicted octanol–water partition coefficient (Wildman–Crippen LogP) is -1.85. The van der Waals surface area contributed by atoms with E-state index in [0.717, 1.165) is 12.3 Å². The molecule has 6 N–H and O–H groups in total. The fourth-order valence-corrected chi connectivity index (χ4v) is 2.20. The number of carbonyl (C=O) groups is 2. The van der Waals surface area contributed by atoms with Crippen LogP contribution in [0.5, 0.6) is 11.5 Å². The van der Waals surface area contributed by atoms with Crippen LogP contribution in [0.2, 0.25) is 0 Å². The summed E-state index contributed by atoms with van der Waals surface area (Å²) in [5.74, 6) is -1.43. The number of nitrogens with zero attached hydrogens (tertiary/aromatic N) is 2. The Morgan fingerprint density at radius 3 is 2.65 bits per heavy atom. The topological polar surface area (TPSA) is 174 Å². The molecule has 0 radical (unpaired) electrons. The molecule has 1 aromatic rings. The van der Waals surface area contributed by atoms with E-state index < -0.39 is 33.9 Å². The van der Waals surface area contributed by atoms with E-state index in [-0.39, 0.29) is 12.3 Å². The summed E-state index contributed by atoms with van der Waals surface area (Å²) in [5, 5.41) is 21.8. The molecule has 1 atom stereocenters. The summed E-state index contributed by atoms with van der Waals surface area (Å²) in [6, 6.07) is 1.75. The van der Waals surface area contributed by atoms with Crippen LogP contribution in [0, 0.1) is 0 Å². The molecule has 0 aromatic heterocycles. The van der Waals surface area contributed by atoms with Gasteiger partial charge in [-0.25, -0.2) is 9.52 Å². The summed E-state index contributed by atoms with van der Waals surface area (Å²) in [6.45, 7) is -0.0732. The number of rotatable bonds is 4. The summed E-state index contributed by atoms with van der Waals surface area (Å²) < 4.78 is 24.7. The minimum absolute atomic E-state index is 0.0732. The maximum atomic E-state index is 11.6. The summed E-state index contributed by atoms with van der Waals surface area (Å²) in [5.41, 5.74) is 5.57. The number of amides is 3. The number of hydrazone groups is 1. The minimum Gasteiger partial charge on any atom is -0.504 e. The number of imide groups is 1. The number of hydrogen-bond acceptors (Lipinski definition) is 8. The van der Waals surface area contributed by atoms with Gasteiger partial charge in [-0.05, 0) is 23.8 Å². The molecule has 2 rings (SSSR count). The first-order valence-electron chi connectivity index (χ1n) is 6.15. The standard InChI is InChI=1S/C11H13N5O6S/c12-7-5-16(10(7)19)11(20)14-23(21,22)15-13-4-6-1-2-8(17)9(18)3-6/h1-4,7,15,17-18H,5,12H2,(H,14,20). The second-order valence-corrected chi connectivity index (χ2v) is 5.96. The van der Waals surface area contributed by atoms with Crippen molar-refractivity contribution in [2.75, 3.05) is 6.54 Å². The summed E-state index contributed by atoms with van der Waals surface area (Å²) in [7, 11) is -4.33. The summed E-state index contributed by atoms with van der Waals surface area (Å²) in [4.78, 5) is 25.1. The van der Waals surface area contributed by atoms with E-state index >= 15 is 0 Å². The van der Waals surface area contributed by atoms with Crippen molar-refractivity contribution >= 4 is 28.4 Å². The van der Waals surface area contributed by atoms with Crippen molar-refractivity contribution < 1.29 is 28.2 Å². The van der Waals surface area contributed by atoms with Gasteiger partial charge in [0.1, 0.15) is 6.04 Å². The van der Waals surface area contributed by atoms with Crippen molar-refractivity contribution in [2.24, 2.45) is 10.8 Å². The minimum atomic E-state index is -4.33. The third-order valence-electron chi connectivity index (χ3n) is 2.82. The number of urea groups is 1. The van der Waals surface area contributed by atoms with Crippen LogP contribution in [0.4, 0.5) is 4.79 Å². The maximum absolute atomic E-state index is 11.6. The Bertz CT molecular complexity index is 777. The Hall–Kier alpha value is -2.86. The molecule has 1 saturated heterocycles. The van der Waals surface area contributed by atoms with Gasteiger partial charge in [-0.15, -0.1) is 0 Å². The lowest BCUT2D eigenvalue weighted by atomic mass is 10.1. The molecule has 1 aliphatic heterocycles. The van der Waals surface area contributed by atoms with E-state index in [1.807, 2.05) is 0 Å². The molecule has 12 heteroatoms. The van der Waals surface area contributed by atoms with Crippen LogP contribution in [0.1, 0.15) is 5.56 Å². The lowest BCUT2D eigenvalue weighted by molar-refractivity contribution is -0.137. The number of carbonyl (C=O) groups excluding carboxylic acids is 2. The Kier molecular flexibility index (Phi) is 4.38. The van der Waals surface area contributed by atoms with Crippen LogP contribution in [0.3, 0.4) is 0 Å². The third kappa shape index (κ3) is 3.87. The fourth-order valence-electron chi connectivity index (χ4n) is 1.62. The molecular weight excluding hydrogens is 330 g/mol. The molecule has 11 nitrogen and oxygen atoms in total. The Labute approximate surface area is 130 Å². The number of phenolic OH excluding ortho intramolecular Hbond substituents is 2. The number of nitrogens with one attached hydrogen (secondary N) is 2. The van der Waals surface area contributed by atoms with Crippen molar-refractivity contribution in [1.82, 2.24) is 14.5 Å². The van der Waals surface area contributed by atoms with Crippen molar-refractivity contribution in [3.63, 3.8) is 0 Å². The first-order chi connectivity index (χ1) is 10.7. The number of benzene rings is 1. The smallest absolute Gasteiger partial charge is 0.340 e. The number of nitrogens with two attached hydrogens (primary N) is 1. The molecule has 3 amide bonds. The Balaban J connectivity index is 1.93. The zero-order valence-corrected chi connectivity index (χ0v) is 12.3. The Morgan fingerprint density at radius 1 is 1.39 bits per heavy atom.